The van der Waals surface area contributed by atoms with E-state index in [1.54, 1.807) is 42.3 Å². The average molecular weight is 483 g/mol. The summed E-state index contributed by atoms with van der Waals surface area (Å²) in [6.45, 7) is 3.54. The fourth-order valence-corrected chi connectivity index (χ4v) is 5.20. The highest BCUT2D eigenvalue weighted by Crippen LogP contribution is 2.32. The first-order valence-corrected chi connectivity index (χ1v) is 13.1. The molecule has 0 fully saturated rings. The molecule has 9 heteroatoms. The number of rotatable bonds is 7. The Bertz CT molecular complexity index is 1390. The average Bonchev–Trinajstić information content (AvgIpc) is 3.46. The summed E-state index contributed by atoms with van der Waals surface area (Å²) >= 11 is 1.59. The molecule has 7 nitrogen and oxygen atoms in total. The summed E-state index contributed by atoms with van der Waals surface area (Å²) in [5.74, 6) is 0.423. The lowest BCUT2D eigenvalue weighted by Gasteiger charge is -2.25. The summed E-state index contributed by atoms with van der Waals surface area (Å²) in [5, 5.41) is 1.98. The van der Waals surface area contributed by atoms with Crippen LogP contribution in [0, 0.1) is 0 Å². The Balaban J connectivity index is 1.88. The SMILES string of the molecule is CCS(=O)(=O)Nc1cc(C(=O)N(C)C(C)c2cccs2)c2c(c1)nc(-c1ccccc1)n2C. The quantitative estimate of drug-likeness (QED) is 0.406. The van der Waals surface area contributed by atoms with Gasteiger partial charge in [-0.05, 0) is 37.4 Å². The predicted octanol–water partition coefficient (Wildman–Crippen LogP) is 4.90. The van der Waals surface area contributed by atoms with Gasteiger partial charge in [0.25, 0.3) is 5.91 Å². The van der Waals surface area contributed by atoms with Crippen LogP contribution in [0.1, 0.15) is 35.1 Å². The number of fused-ring (bicyclic) bond motifs is 1. The molecule has 0 aliphatic carbocycles. The zero-order valence-corrected chi connectivity index (χ0v) is 20.6. The number of hydrogen-bond donors (Lipinski definition) is 1. The largest absolute Gasteiger partial charge is 0.334 e. The third-order valence-corrected chi connectivity index (χ3v) is 8.09. The monoisotopic (exact) mass is 482 g/mol. The van der Waals surface area contributed by atoms with Gasteiger partial charge in [-0.3, -0.25) is 9.52 Å². The van der Waals surface area contributed by atoms with E-state index in [1.807, 2.05) is 66.4 Å². The molecule has 1 amide bonds. The Labute approximate surface area is 197 Å². The Kier molecular flexibility index (Phi) is 6.27. The second-order valence-corrected chi connectivity index (χ2v) is 10.9. The topological polar surface area (TPSA) is 84.3 Å². The smallest absolute Gasteiger partial charge is 0.256 e. The van der Waals surface area contributed by atoms with Crippen LogP contribution < -0.4 is 4.72 Å². The molecule has 33 heavy (non-hydrogen) atoms. The van der Waals surface area contributed by atoms with E-state index in [0.717, 1.165) is 10.4 Å². The number of carbonyl (C=O) groups is 1. The van der Waals surface area contributed by atoms with E-state index < -0.39 is 10.0 Å². The van der Waals surface area contributed by atoms with E-state index in [0.29, 0.717) is 28.1 Å². The number of anilines is 1. The van der Waals surface area contributed by atoms with Crippen molar-refractivity contribution in [2.24, 2.45) is 7.05 Å². The Morgan fingerprint density at radius 2 is 1.91 bits per heavy atom. The summed E-state index contributed by atoms with van der Waals surface area (Å²) in [6.07, 6.45) is 0. The maximum absolute atomic E-state index is 13.7. The van der Waals surface area contributed by atoms with E-state index >= 15 is 0 Å². The van der Waals surface area contributed by atoms with Crippen LogP contribution in [0.15, 0.2) is 60.0 Å². The van der Waals surface area contributed by atoms with Crippen molar-refractivity contribution in [2.45, 2.75) is 19.9 Å². The summed E-state index contributed by atoms with van der Waals surface area (Å²) in [5.41, 5.74) is 2.83. The molecule has 4 rings (SSSR count). The molecule has 0 bridgehead atoms. The molecule has 0 aliphatic rings. The number of benzene rings is 2. The third kappa shape index (κ3) is 4.51. The number of sulfonamides is 1. The van der Waals surface area contributed by atoms with Crippen LogP contribution in [0.25, 0.3) is 22.4 Å². The van der Waals surface area contributed by atoms with Gasteiger partial charge in [0.1, 0.15) is 5.82 Å². The van der Waals surface area contributed by atoms with Gasteiger partial charge < -0.3 is 9.47 Å². The highest BCUT2D eigenvalue weighted by Gasteiger charge is 2.25. The van der Waals surface area contributed by atoms with Gasteiger partial charge in [0.15, 0.2) is 0 Å². The van der Waals surface area contributed by atoms with Gasteiger partial charge in [0.2, 0.25) is 10.0 Å². The van der Waals surface area contributed by atoms with Crippen molar-refractivity contribution in [3.63, 3.8) is 0 Å². The molecule has 0 radical (unpaired) electrons. The van der Waals surface area contributed by atoms with E-state index in [2.05, 4.69) is 4.72 Å². The van der Waals surface area contributed by atoms with Crippen LogP contribution >= 0.6 is 11.3 Å². The number of thiophene rings is 1. The summed E-state index contributed by atoms with van der Waals surface area (Å²) in [6, 6.07) is 16.8. The summed E-state index contributed by atoms with van der Waals surface area (Å²) < 4.78 is 29.0. The third-order valence-electron chi connectivity index (χ3n) is 5.74. The van der Waals surface area contributed by atoms with Gasteiger partial charge in [-0.1, -0.05) is 36.4 Å². The van der Waals surface area contributed by atoms with Gasteiger partial charge in [-0.15, -0.1) is 11.3 Å². The van der Waals surface area contributed by atoms with Gasteiger partial charge in [0, 0.05) is 24.5 Å². The predicted molar refractivity (Wildman–Crippen MR) is 134 cm³/mol. The number of amides is 1. The summed E-state index contributed by atoms with van der Waals surface area (Å²) in [4.78, 5) is 21.2. The number of nitrogens with one attached hydrogen (secondary N) is 1. The molecule has 2 heterocycles. The molecule has 0 saturated heterocycles. The molecule has 1 unspecified atom stereocenters. The Morgan fingerprint density at radius 1 is 1.18 bits per heavy atom. The van der Waals surface area contributed by atoms with Gasteiger partial charge >= 0.3 is 0 Å². The van der Waals surface area contributed by atoms with E-state index in [9.17, 15) is 13.2 Å². The second-order valence-electron chi connectivity index (χ2n) is 7.86. The van der Waals surface area contributed by atoms with Crippen molar-refractivity contribution < 1.29 is 13.2 Å². The van der Waals surface area contributed by atoms with Gasteiger partial charge in [0.05, 0.1) is 34.1 Å². The minimum Gasteiger partial charge on any atom is -0.334 e. The number of imidazole rings is 1. The van der Waals surface area contributed by atoms with Gasteiger partial charge in [-0.2, -0.15) is 0 Å². The van der Waals surface area contributed by atoms with Crippen LogP contribution in [0.3, 0.4) is 0 Å². The van der Waals surface area contributed by atoms with Gasteiger partial charge in [-0.25, -0.2) is 13.4 Å². The zero-order valence-electron chi connectivity index (χ0n) is 18.9. The molecule has 0 spiro atoms. The lowest BCUT2D eigenvalue weighted by atomic mass is 10.1. The zero-order chi connectivity index (χ0) is 23.8. The van der Waals surface area contributed by atoms with Crippen molar-refractivity contribution in [1.82, 2.24) is 14.5 Å². The molecule has 1 N–H and O–H groups in total. The lowest BCUT2D eigenvalue weighted by molar-refractivity contribution is 0.0746. The van der Waals surface area contributed by atoms with Crippen molar-refractivity contribution in [1.29, 1.82) is 0 Å². The number of hydrogen-bond acceptors (Lipinski definition) is 5. The summed E-state index contributed by atoms with van der Waals surface area (Å²) in [7, 11) is 0.109. The molecule has 1 atom stereocenters. The maximum Gasteiger partial charge on any atom is 0.256 e. The molecule has 2 aromatic heterocycles. The van der Waals surface area contributed by atoms with Crippen LogP contribution in [0.5, 0.6) is 0 Å². The minimum absolute atomic E-state index is 0.0683. The van der Waals surface area contributed by atoms with Crippen molar-refractivity contribution in [3.8, 4) is 11.4 Å². The second kappa shape index (κ2) is 8.99. The first kappa shape index (κ1) is 23.0. The van der Waals surface area contributed by atoms with Crippen LogP contribution in [-0.4, -0.2) is 41.6 Å². The number of aryl methyl sites for hydroxylation is 1. The molecule has 0 aliphatic heterocycles. The maximum atomic E-state index is 13.7. The molecule has 0 saturated carbocycles. The molecule has 4 aromatic rings. The molecule has 172 valence electrons. The normalized spacial score (nSPS) is 12.6. The van der Waals surface area contributed by atoms with Crippen LogP contribution in [0.2, 0.25) is 0 Å². The highest BCUT2D eigenvalue weighted by molar-refractivity contribution is 7.92. The van der Waals surface area contributed by atoms with E-state index in [1.165, 1.54) is 0 Å². The first-order valence-electron chi connectivity index (χ1n) is 10.6. The Morgan fingerprint density at radius 3 is 2.55 bits per heavy atom. The number of nitrogens with zero attached hydrogens (tertiary/aromatic N) is 3. The number of carbonyl (C=O) groups excluding carboxylic acids is 1. The highest BCUT2D eigenvalue weighted by atomic mass is 32.2. The Hall–Kier alpha value is -3.17. The minimum atomic E-state index is -3.52. The van der Waals surface area contributed by atoms with Crippen LogP contribution in [0.4, 0.5) is 5.69 Å². The van der Waals surface area contributed by atoms with E-state index in [-0.39, 0.29) is 17.7 Å². The van der Waals surface area contributed by atoms with E-state index in [4.69, 9.17) is 4.98 Å². The van der Waals surface area contributed by atoms with Crippen LogP contribution in [-0.2, 0) is 17.1 Å². The number of aromatic nitrogens is 2. The van der Waals surface area contributed by atoms with Crippen molar-refractivity contribution >= 4 is 44.0 Å². The first-order chi connectivity index (χ1) is 15.7. The fourth-order valence-electron chi connectivity index (χ4n) is 3.76. The lowest BCUT2D eigenvalue weighted by Crippen LogP contribution is -2.29. The molecular weight excluding hydrogens is 456 g/mol. The molecule has 2 aromatic carbocycles. The molecular formula is C24H26N4O3S2. The standard InChI is InChI=1S/C24H26N4O3S2/c1-5-33(30,31)26-18-14-19(24(29)27(3)16(2)21-12-9-13-32-21)22-20(15-18)25-23(28(22)4)17-10-7-6-8-11-17/h6-16,26H,5H2,1-4H3. The van der Waals surface area contributed by atoms with Crippen molar-refractivity contribution in [2.75, 3.05) is 17.5 Å². The fraction of sp³-hybridized carbons (Fsp3) is 0.250. The van der Waals surface area contributed by atoms with Crippen molar-refractivity contribution in [3.05, 3.63) is 70.4 Å².